The van der Waals surface area contributed by atoms with Gasteiger partial charge in [-0.1, -0.05) is 6.07 Å². The molecule has 0 aliphatic carbocycles. The predicted octanol–water partition coefficient (Wildman–Crippen LogP) is 3.88. The highest BCUT2D eigenvalue weighted by molar-refractivity contribution is 5.96. The largest absolute Gasteiger partial charge is 0.490 e. The Bertz CT molecular complexity index is 826. The molecule has 2 aromatic rings. The summed E-state index contributed by atoms with van der Waals surface area (Å²) in [5.74, 6) is 2.07. The number of carbonyl (C=O) groups excluding carboxylic acids is 1. The third-order valence-electron chi connectivity index (χ3n) is 4.76. The first-order chi connectivity index (χ1) is 14.5. The molecule has 1 aliphatic rings. The molecule has 0 radical (unpaired) electrons. The quantitative estimate of drug-likeness (QED) is 0.620. The number of hydrogen-bond acceptors (Lipinski definition) is 6. The van der Waals surface area contributed by atoms with E-state index in [1.807, 2.05) is 39.8 Å². The molecule has 0 N–H and O–H groups in total. The Labute approximate surface area is 177 Å². The standard InChI is InChI=1S/C23H30N2O5/c1-5-27-19-12-17(13-20(28-6-2)22(19)29-7-3)23(26)25-11-10-18(15-25)30-21-9-8-16(4)14-24-21/h8-9,12-14,18H,5-7,10-11,15H2,1-4H3. The highest BCUT2D eigenvalue weighted by Crippen LogP contribution is 2.39. The molecule has 30 heavy (non-hydrogen) atoms. The second-order valence-corrected chi connectivity index (χ2v) is 7.05. The van der Waals surface area contributed by atoms with Crippen LogP contribution in [0.4, 0.5) is 0 Å². The van der Waals surface area contributed by atoms with Crippen molar-refractivity contribution < 1.29 is 23.7 Å². The van der Waals surface area contributed by atoms with E-state index >= 15 is 0 Å². The van der Waals surface area contributed by atoms with Gasteiger partial charge in [0.1, 0.15) is 6.10 Å². The van der Waals surface area contributed by atoms with E-state index in [1.165, 1.54) is 0 Å². The number of amides is 1. The van der Waals surface area contributed by atoms with Gasteiger partial charge in [0.25, 0.3) is 5.91 Å². The van der Waals surface area contributed by atoms with Gasteiger partial charge in [-0.15, -0.1) is 0 Å². The maximum atomic E-state index is 13.2. The second kappa shape index (κ2) is 10.2. The predicted molar refractivity (Wildman–Crippen MR) is 114 cm³/mol. The smallest absolute Gasteiger partial charge is 0.254 e. The minimum absolute atomic E-state index is 0.0791. The van der Waals surface area contributed by atoms with E-state index in [0.717, 1.165) is 12.0 Å². The Hall–Kier alpha value is -2.96. The van der Waals surface area contributed by atoms with Crippen molar-refractivity contribution in [3.05, 3.63) is 41.6 Å². The van der Waals surface area contributed by atoms with Gasteiger partial charge >= 0.3 is 0 Å². The van der Waals surface area contributed by atoms with Crippen molar-refractivity contribution in [2.75, 3.05) is 32.9 Å². The summed E-state index contributed by atoms with van der Waals surface area (Å²) in [6, 6.07) is 7.28. The molecule has 0 saturated carbocycles. The molecular formula is C23H30N2O5. The number of likely N-dealkylation sites (tertiary alicyclic amines) is 1. The Balaban J connectivity index is 1.76. The van der Waals surface area contributed by atoms with Crippen LogP contribution in [0.25, 0.3) is 0 Å². The lowest BCUT2D eigenvalue weighted by molar-refractivity contribution is 0.0770. The third kappa shape index (κ3) is 5.14. The van der Waals surface area contributed by atoms with Gasteiger partial charge in [-0.25, -0.2) is 4.98 Å². The maximum Gasteiger partial charge on any atom is 0.254 e. The molecule has 1 saturated heterocycles. The molecule has 1 unspecified atom stereocenters. The fourth-order valence-electron chi connectivity index (χ4n) is 3.40. The van der Waals surface area contributed by atoms with Gasteiger partial charge in [-0.05, 0) is 45.4 Å². The van der Waals surface area contributed by atoms with Gasteiger partial charge in [-0.2, -0.15) is 0 Å². The number of benzene rings is 1. The number of hydrogen-bond donors (Lipinski definition) is 0. The van der Waals surface area contributed by atoms with Crippen LogP contribution in [0, 0.1) is 6.92 Å². The minimum atomic E-state index is -0.0806. The van der Waals surface area contributed by atoms with Gasteiger partial charge < -0.3 is 23.8 Å². The Morgan fingerprint density at radius 1 is 1.07 bits per heavy atom. The van der Waals surface area contributed by atoms with E-state index in [1.54, 1.807) is 23.2 Å². The van der Waals surface area contributed by atoms with Crippen LogP contribution in [0.2, 0.25) is 0 Å². The van der Waals surface area contributed by atoms with Crippen molar-refractivity contribution in [1.82, 2.24) is 9.88 Å². The van der Waals surface area contributed by atoms with Crippen molar-refractivity contribution in [2.24, 2.45) is 0 Å². The zero-order valence-electron chi connectivity index (χ0n) is 18.1. The summed E-state index contributed by atoms with van der Waals surface area (Å²) < 4.78 is 23.1. The molecule has 0 bridgehead atoms. The van der Waals surface area contributed by atoms with Gasteiger partial charge in [0, 0.05) is 30.8 Å². The van der Waals surface area contributed by atoms with Crippen molar-refractivity contribution in [3.8, 4) is 23.1 Å². The summed E-state index contributed by atoms with van der Waals surface area (Å²) in [6.07, 6.45) is 2.46. The zero-order chi connectivity index (χ0) is 21.5. The molecule has 3 rings (SSSR count). The topological polar surface area (TPSA) is 70.1 Å². The van der Waals surface area contributed by atoms with E-state index in [2.05, 4.69) is 4.98 Å². The van der Waals surface area contributed by atoms with Gasteiger partial charge in [0.05, 0.1) is 26.4 Å². The molecule has 2 heterocycles. The fraction of sp³-hybridized carbons (Fsp3) is 0.478. The molecule has 1 aromatic heterocycles. The van der Waals surface area contributed by atoms with Crippen LogP contribution in [-0.4, -0.2) is 54.8 Å². The SMILES string of the molecule is CCOc1cc(C(=O)N2CCC(Oc3ccc(C)cn3)C2)cc(OCC)c1OCC. The van der Waals surface area contributed by atoms with E-state index in [9.17, 15) is 4.79 Å². The van der Waals surface area contributed by atoms with Crippen LogP contribution in [-0.2, 0) is 0 Å². The van der Waals surface area contributed by atoms with Crippen LogP contribution in [0.5, 0.6) is 23.1 Å². The van der Waals surface area contributed by atoms with Crippen LogP contribution in [0.3, 0.4) is 0 Å². The number of aromatic nitrogens is 1. The highest BCUT2D eigenvalue weighted by Gasteiger charge is 2.30. The molecule has 1 atom stereocenters. The average Bonchev–Trinajstić information content (AvgIpc) is 3.20. The molecule has 7 nitrogen and oxygen atoms in total. The lowest BCUT2D eigenvalue weighted by atomic mass is 10.1. The molecular weight excluding hydrogens is 384 g/mol. The summed E-state index contributed by atoms with van der Waals surface area (Å²) >= 11 is 0. The average molecular weight is 415 g/mol. The lowest BCUT2D eigenvalue weighted by Crippen LogP contribution is -2.31. The Kier molecular flexibility index (Phi) is 7.38. The number of carbonyl (C=O) groups is 1. The Morgan fingerprint density at radius 2 is 1.73 bits per heavy atom. The first-order valence-corrected chi connectivity index (χ1v) is 10.5. The van der Waals surface area contributed by atoms with E-state index in [-0.39, 0.29) is 12.0 Å². The second-order valence-electron chi connectivity index (χ2n) is 7.05. The number of rotatable bonds is 9. The van der Waals surface area contributed by atoms with E-state index < -0.39 is 0 Å². The molecule has 7 heteroatoms. The molecule has 162 valence electrons. The monoisotopic (exact) mass is 414 g/mol. The number of pyridine rings is 1. The number of nitrogens with zero attached hydrogens (tertiary/aromatic N) is 2. The molecule has 1 aliphatic heterocycles. The summed E-state index contributed by atoms with van der Waals surface area (Å²) in [5.41, 5.74) is 1.59. The van der Waals surface area contributed by atoms with Crippen molar-refractivity contribution in [1.29, 1.82) is 0 Å². The first-order valence-electron chi connectivity index (χ1n) is 10.5. The zero-order valence-corrected chi connectivity index (χ0v) is 18.1. The van der Waals surface area contributed by atoms with Crippen molar-refractivity contribution in [3.63, 3.8) is 0 Å². The minimum Gasteiger partial charge on any atom is -0.490 e. The fourth-order valence-corrected chi connectivity index (χ4v) is 3.40. The summed E-state index contributed by atoms with van der Waals surface area (Å²) in [4.78, 5) is 19.3. The number of ether oxygens (including phenoxy) is 4. The lowest BCUT2D eigenvalue weighted by Gasteiger charge is -2.20. The summed E-state index contributed by atoms with van der Waals surface area (Å²) in [6.45, 7) is 10.2. The summed E-state index contributed by atoms with van der Waals surface area (Å²) in [7, 11) is 0. The molecule has 1 fully saturated rings. The van der Waals surface area contributed by atoms with Gasteiger partial charge in [-0.3, -0.25) is 4.79 Å². The number of aryl methyl sites for hydroxylation is 1. The van der Waals surface area contributed by atoms with Crippen molar-refractivity contribution in [2.45, 2.75) is 40.2 Å². The van der Waals surface area contributed by atoms with Gasteiger partial charge in [0.15, 0.2) is 11.5 Å². The van der Waals surface area contributed by atoms with E-state index in [4.69, 9.17) is 18.9 Å². The van der Waals surface area contributed by atoms with Crippen LogP contribution in [0.15, 0.2) is 30.5 Å². The first kappa shape index (κ1) is 21.7. The third-order valence-corrected chi connectivity index (χ3v) is 4.76. The van der Waals surface area contributed by atoms with Crippen LogP contribution < -0.4 is 18.9 Å². The van der Waals surface area contributed by atoms with Crippen molar-refractivity contribution >= 4 is 5.91 Å². The van der Waals surface area contributed by atoms with Crippen LogP contribution in [0.1, 0.15) is 43.1 Å². The highest BCUT2D eigenvalue weighted by atomic mass is 16.5. The molecule has 1 aromatic carbocycles. The molecule has 0 spiro atoms. The summed E-state index contributed by atoms with van der Waals surface area (Å²) in [5, 5.41) is 0. The molecule has 1 amide bonds. The van der Waals surface area contributed by atoms with E-state index in [0.29, 0.717) is 61.6 Å². The Morgan fingerprint density at radius 3 is 2.30 bits per heavy atom. The van der Waals surface area contributed by atoms with Crippen LogP contribution >= 0.6 is 0 Å². The maximum absolute atomic E-state index is 13.2. The van der Waals surface area contributed by atoms with Gasteiger partial charge in [0.2, 0.25) is 11.6 Å². The normalized spacial score (nSPS) is 15.7.